The number of aromatic nitrogens is 2. The fourth-order valence-electron chi connectivity index (χ4n) is 0.961. The van der Waals surface area contributed by atoms with Crippen LogP contribution in [-0.4, -0.2) is 23.0 Å². The highest BCUT2D eigenvalue weighted by Gasteiger charge is 2.13. The summed E-state index contributed by atoms with van der Waals surface area (Å²) in [5.74, 6) is -0.523. The van der Waals surface area contributed by atoms with Gasteiger partial charge in [0.05, 0.1) is 12.8 Å². The van der Waals surface area contributed by atoms with Gasteiger partial charge in [0.25, 0.3) is 0 Å². The van der Waals surface area contributed by atoms with Gasteiger partial charge in [-0.2, -0.15) is 0 Å². The molecule has 0 spiro atoms. The van der Waals surface area contributed by atoms with Crippen molar-refractivity contribution in [2.45, 2.75) is 13.3 Å². The second-order valence-corrected chi connectivity index (χ2v) is 2.28. The lowest BCUT2D eigenvalue weighted by Crippen LogP contribution is -2.06. The van der Waals surface area contributed by atoms with Crippen molar-refractivity contribution in [1.29, 1.82) is 0 Å². The molecular weight excluding hydrogens is 160 g/mol. The molecule has 0 aliphatic heterocycles. The van der Waals surface area contributed by atoms with Crippen LogP contribution in [0.3, 0.4) is 0 Å². The lowest BCUT2D eigenvalue weighted by Gasteiger charge is -1.96. The van der Waals surface area contributed by atoms with E-state index in [0.29, 0.717) is 12.1 Å². The molecule has 1 rings (SSSR count). The van der Waals surface area contributed by atoms with Gasteiger partial charge >= 0.3 is 11.7 Å². The van der Waals surface area contributed by atoms with Crippen molar-refractivity contribution in [1.82, 2.24) is 9.97 Å². The number of carbonyl (C=O) groups excluding carboxylic acids is 1. The second-order valence-electron chi connectivity index (χ2n) is 2.28. The van der Waals surface area contributed by atoms with Crippen molar-refractivity contribution < 1.29 is 9.53 Å². The summed E-state index contributed by atoms with van der Waals surface area (Å²) in [4.78, 5) is 26.6. The van der Waals surface area contributed by atoms with E-state index >= 15 is 0 Å². The lowest BCUT2D eigenvalue weighted by molar-refractivity contribution is 0.0593. The lowest BCUT2D eigenvalue weighted by atomic mass is 10.3. The van der Waals surface area contributed by atoms with Gasteiger partial charge in [-0.1, -0.05) is 6.92 Å². The normalized spacial score (nSPS) is 9.83. The molecule has 0 atom stereocenters. The first-order valence-corrected chi connectivity index (χ1v) is 3.58. The highest BCUT2D eigenvalue weighted by atomic mass is 16.5. The van der Waals surface area contributed by atoms with Crippen molar-refractivity contribution in [3.8, 4) is 0 Å². The molecule has 5 nitrogen and oxygen atoms in total. The number of aromatic amines is 2. The SMILES string of the molecule is CCc1[nH]c(=O)[nH]c1C(=O)OC. The molecule has 0 fully saturated rings. The summed E-state index contributed by atoms with van der Waals surface area (Å²) in [5, 5.41) is 0. The smallest absolute Gasteiger partial charge is 0.356 e. The Hall–Kier alpha value is -1.52. The van der Waals surface area contributed by atoms with E-state index in [0.717, 1.165) is 0 Å². The van der Waals surface area contributed by atoms with E-state index < -0.39 is 5.97 Å². The van der Waals surface area contributed by atoms with Gasteiger partial charge in [0.2, 0.25) is 0 Å². The van der Waals surface area contributed by atoms with Crippen LogP contribution in [0.4, 0.5) is 0 Å². The number of carbonyl (C=O) groups is 1. The van der Waals surface area contributed by atoms with Crippen LogP contribution < -0.4 is 5.69 Å². The maximum absolute atomic E-state index is 11.0. The van der Waals surface area contributed by atoms with Gasteiger partial charge in [0, 0.05) is 0 Å². The largest absolute Gasteiger partial charge is 0.464 e. The Morgan fingerprint density at radius 3 is 2.67 bits per heavy atom. The number of H-pyrrole nitrogens is 2. The summed E-state index contributed by atoms with van der Waals surface area (Å²) < 4.78 is 4.46. The number of hydrogen-bond acceptors (Lipinski definition) is 3. The zero-order valence-corrected chi connectivity index (χ0v) is 6.93. The van der Waals surface area contributed by atoms with Crippen LogP contribution >= 0.6 is 0 Å². The van der Waals surface area contributed by atoms with Gasteiger partial charge in [-0.15, -0.1) is 0 Å². The average molecular weight is 170 g/mol. The molecular formula is C7H10N2O3. The maximum Gasteiger partial charge on any atom is 0.356 e. The molecule has 0 aliphatic rings. The average Bonchev–Trinajstić information content (AvgIpc) is 2.45. The first kappa shape index (κ1) is 8.58. The van der Waals surface area contributed by atoms with E-state index in [1.165, 1.54) is 7.11 Å². The fraction of sp³-hybridized carbons (Fsp3) is 0.429. The number of methoxy groups -OCH3 is 1. The summed E-state index contributed by atoms with van der Waals surface area (Å²) in [6.07, 6.45) is 0.586. The summed E-state index contributed by atoms with van der Waals surface area (Å²) in [6.45, 7) is 1.84. The van der Waals surface area contributed by atoms with Crippen LogP contribution in [0.15, 0.2) is 4.79 Å². The van der Waals surface area contributed by atoms with Crippen molar-refractivity contribution in [2.24, 2.45) is 0 Å². The molecule has 0 aliphatic carbocycles. The van der Waals surface area contributed by atoms with E-state index in [1.54, 1.807) is 0 Å². The van der Waals surface area contributed by atoms with Gasteiger partial charge < -0.3 is 9.72 Å². The van der Waals surface area contributed by atoms with Crippen molar-refractivity contribution in [2.75, 3.05) is 7.11 Å². The van der Waals surface area contributed by atoms with E-state index in [4.69, 9.17) is 0 Å². The molecule has 12 heavy (non-hydrogen) atoms. The first-order chi connectivity index (χ1) is 5.69. The molecule has 0 bridgehead atoms. The van der Waals surface area contributed by atoms with E-state index in [2.05, 4.69) is 14.7 Å². The third-order valence-electron chi connectivity index (χ3n) is 1.55. The third kappa shape index (κ3) is 1.39. The first-order valence-electron chi connectivity index (χ1n) is 3.58. The van der Waals surface area contributed by atoms with Crippen molar-refractivity contribution in [3.63, 3.8) is 0 Å². The number of ether oxygens (including phenoxy) is 1. The third-order valence-corrected chi connectivity index (χ3v) is 1.55. The highest BCUT2D eigenvalue weighted by molar-refractivity contribution is 5.88. The maximum atomic E-state index is 11.0. The minimum atomic E-state index is -0.523. The van der Waals surface area contributed by atoms with Gasteiger partial charge in [-0.05, 0) is 6.42 Å². The Balaban J connectivity index is 3.13. The Kier molecular flexibility index (Phi) is 2.32. The minimum absolute atomic E-state index is 0.213. The molecule has 1 aromatic rings. The number of rotatable bonds is 2. The number of aryl methyl sites for hydroxylation is 1. The van der Waals surface area contributed by atoms with Gasteiger partial charge in [0.15, 0.2) is 0 Å². The summed E-state index contributed by atoms with van der Waals surface area (Å²) in [6, 6.07) is 0. The van der Waals surface area contributed by atoms with Gasteiger partial charge in [-0.3, -0.25) is 4.98 Å². The second kappa shape index (κ2) is 3.25. The number of imidazole rings is 1. The molecule has 66 valence electrons. The van der Waals surface area contributed by atoms with E-state index in [9.17, 15) is 9.59 Å². The predicted octanol–water partition coefficient (Wildman–Crippen LogP) is 0.0520. The zero-order chi connectivity index (χ0) is 9.14. The highest BCUT2D eigenvalue weighted by Crippen LogP contribution is 2.01. The van der Waals surface area contributed by atoms with Crippen molar-refractivity contribution in [3.05, 3.63) is 21.9 Å². The van der Waals surface area contributed by atoms with E-state index in [-0.39, 0.29) is 11.4 Å². The summed E-state index contributed by atoms with van der Waals surface area (Å²) >= 11 is 0. The van der Waals surface area contributed by atoms with Crippen LogP contribution in [0.1, 0.15) is 23.1 Å². The Morgan fingerprint density at radius 2 is 2.17 bits per heavy atom. The van der Waals surface area contributed by atoms with Gasteiger partial charge in [0.1, 0.15) is 5.69 Å². The Labute approximate surface area is 68.8 Å². The molecule has 0 radical (unpaired) electrons. The molecule has 0 saturated carbocycles. The number of hydrogen-bond donors (Lipinski definition) is 2. The summed E-state index contributed by atoms with van der Waals surface area (Å²) in [7, 11) is 1.27. The van der Waals surface area contributed by atoms with Crippen LogP contribution in [0.2, 0.25) is 0 Å². The molecule has 0 aromatic carbocycles. The van der Waals surface area contributed by atoms with Crippen LogP contribution in [0, 0.1) is 0 Å². The van der Waals surface area contributed by atoms with Crippen LogP contribution in [0.5, 0.6) is 0 Å². The Bertz CT molecular complexity index is 337. The zero-order valence-electron chi connectivity index (χ0n) is 6.93. The summed E-state index contributed by atoms with van der Waals surface area (Å²) in [5.41, 5.74) is 0.407. The molecule has 1 aromatic heterocycles. The molecule has 2 N–H and O–H groups in total. The molecule has 0 saturated heterocycles. The molecule has 0 unspecified atom stereocenters. The quantitative estimate of drug-likeness (QED) is 0.616. The van der Waals surface area contributed by atoms with Crippen LogP contribution in [-0.2, 0) is 11.2 Å². The predicted molar refractivity (Wildman–Crippen MR) is 42.1 cm³/mol. The topological polar surface area (TPSA) is 75.0 Å². The monoisotopic (exact) mass is 170 g/mol. The fourth-order valence-corrected chi connectivity index (χ4v) is 0.961. The van der Waals surface area contributed by atoms with Crippen LogP contribution in [0.25, 0.3) is 0 Å². The number of esters is 1. The molecule has 0 amide bonds. The molecule has 1 heterocycles. The number of nitrogens with one attached hydrogen (secondary N) is 2. The van der Waals surface area contributed by atoms with Gasteiger partial charge in [-0.25, -0.2) is 9.59 Å². The van der Waals surface area contributed by atoms with E-state index in [1.807, 2.05) is 6.92 Å². The molecule has 5 heteroatoms. The standard InChI is InChI=1S/C7H10N2O3/c1-3-4-5(6(10)12-2)9-7(11)8-4/h3H2,1-2H3,(H2,8,9,11). The minimum Gasteiger partial charge on any atom is -0.464 e. The van der Waals surface area contributed by atoms with Crippen molar-refractivity contribution >= 4 is 5.97 Å². The Morgan fingerprint density at radius 1 is 1.50 bits per heavy atom.